The number of aryl methyl sites for hydroxylation is 1. The number of pyridine rings is 1. The molecule has 0 saturated carbocycles. The van der Waals surface area contributed by atoms with Crippen molar-refractivity contribution >= 4 is 12.1 Å². The number of nitrogens with zero attached hydrogens (tertiary/aromatic N) is 3. The molecule has 11 heteroatoms. The molecule has 0 aliphatic carbocycles. The SMILES string of the molecule is CC.CC.CC(=N)CCc1ccc(C#Cc2ccc(C(F)(F)C(CN(N)C=N)(N=O)c3ccc(F)cc3F)nc2)cc1. The molecule has 3 rings (SSSR count). The highest BCUT2D eigenvalue weighted by Gasteiger charge is 2.61. The molecule has 1 aromatic heterocycles. The van der Waals surface area contributed by atoms with Crippen molar-refractivity contribution < 1.29 is 17.6 Å². The highest BCUT2D eigenvalue weighted by Crippen LogP contribution is 2.48. The average molecular weight is 585 g/mol. The summed E-state index contributed by atoms with van der Waals surface area (Å²) in [6.45, 7) is 8.66. The van der Waals surface area contributed by atoms with Crippen LogP contribution < -0.4 is 5.84 Å². The Labute approximate surface area is 244 Å². The van der Waals surface area contributed by atoms with Crippen LogP contribution in [0.4, 0.5) is 17.6 Å². The third-order valence-corrected chi connectivity index (χ3v) is 5.81. The largest absolute Gasteiger partial charge is 0.323 e. The van der Waals surface area contributed by atoms with Gasteiger partial charge in [0.1, 0.15) is 17.3 Å². The summed E-state index contributed by atoms with van der Waals surface area (Å²) < 4.78 is 59.8. The van der Waals surface area contributed by atoms with Crippen LogP contribution in [-0.4, -0.2) is 28.6 Å². The first-order chi connectivity index (χ1) is 20.0. The number of hydrogen-bond acceptors (Lipinski definition) is 6. The predicted octanol–water partition coefficient (Wildman–Crippen LogP) is 7.32. The number of hydrogen-bond donors (Lipinski definition) is 3. The highest BCUT2D eigenvalue weighted by atomic mass is 19.3. The molecule has 4 N–H and O–H groups in total. The summed E-state index contributed by atoms with van der Waals surface area (Å²) >= 11 is 0. The maximum atomic E-state index is 15.8. The molecule has 0 radical (unpaired) electrons. The van der Waals surface area contributed by atoms with Gasteiger partial charge < -0.3 is 5.41 Å². The molecule has 1 unspecified atom stereocenters. The van der Waals surface area contributed by atoms with Gasteiger partial charge in [0.2, 0.25) is 5.54 Å². The lowest BCUT2D eigenvalue weighted by molar-refractivity contribution is -0.0958. The van der Waals surface area contributed by atoms with Crippen LogP contribution in [0.5, 0.6) is 0 Å². The summed E-state index contributed by atoms with van der Waals surface area (Å²) in [6, 6.07) is 11.3. The van der Waals surface area contributed by atoms with Gasteiger partial charge in [0.15, 0.2) is 0 Å². The van der Waals surface area contributed by atoms with Crippen molar-refractivity contribution in [2.75, 3.05) is 6.54 Å². The summed E-state index contributed by atoms with van der Waals surface area (Å²) in [6.07, 6.45) is 2.94. The maximum absolute atomic E-state index is 15.8. The molecule has 0 saturated heterocycles. The normalized spacial score (nSPS) is 11.7. The molecule has 42 heavy (non-hydrogen) atoms. The molecule has 2 aromatic carbocycles. The van der Waals surface area contributed by atoms with Gasteiger partial charge in [-0.15, -0.1) is 4.91 Å². The van der Waals surface area contributed by atoms with Gasteiger partial charge >= 0.3 is 5.92 Å². The van der Waals surface area contributed by atoms with Crippen molar-refractivity contribution in [3.05, 3.63) is 105 Å². The van der Waals surface area contributed by atoms with Crippen LogP contribution in [0.25, 0.3) is 0 Å². The summed E-state index contributed by atoms with van der Waals surface area (Å²) in [5.74, 6) is 4.53. The molecule has 224 valence electrons. The Balaban J connectivity index is 0.00000211. The number of benzene rings is 2. The van der Waals surface area contributed by atoms with E-state index < -0.39 is 40.9 Å². The zero-order valence-electron chi connectivity index (χ0n) is 24.3. The van der Waals surface area contributed by atoms with Crippen molar-refractivity contribution in [1.82, 2.24) is 9.99 Å². The lowest BCUT2D eigenvalue weighted by atomic mass is 9.81. The first-order valence-electron chi connectivity index (χ1n) is 13.3. The van der Waals surface area contributed by atoms with Gasteiger partial charge in [-0.05, 0) is 60.8 Å². The van der Waals surface area contributed by atoms with Crippen molar-refractivity contribution in [2.24, 2.45) is 11.0 Å². The summed E-state index contributed by atoms with van der Waals surface area (Å²) in [5.41, 5.74) is -2.37. The number of alkyl halides is 2. The third kappa shape index (κ3) is 8.78. The summed E-state index contributed by atoms with van der Waals surface area (Å²) in [7, 11) is 0. The van der Waals surface area contributed by atoms with E-state index in [0.29, 0.717) is 52.8 Å². The Bertz CT molecular complexity index is 1390. The third-order valence-electron chi connectivity index (χ3n) is 5.81. The molecular weight excluding hydrogens is 548 g/mol. The smallest absolute Gasteiger partial charge is 0.310 e. The molecule has 0 aliphatic heterocycles. The van der Waals surface area contributed by atoms with E-state index in [1.54, 1.807) is 19.1 Å². The number of nitroso groups, excluding NO2 is 1. The van der Waals surface area contributed by atoms with E-state index in [9.17, 15) is 13.7 Å². The van der Waals surface area contributed by atoms with Gasteiger partial charge in [0.05, 0.1) is 12.9 Å². The van der Waals surface area contributed by atoms with E-state index in [1.165, 1.54) is 6.07 Å². The molecule has 7 nitrogen and oxygen atoms in total. The fourth-order valence-electron chi connectivity index (χ4n) is 3.72. The molecule has 3 aromatic rings. The van der Waals surface area contributed by atoms with Gasteiger partial charge in [0.25, 0.3) is 0 Å². The number of halogens is 4. The van der Waals surface area contributed by atoms with E-state index >= 15 is 8.78 Å². The average Bonchev–Trinajstić information content (AvgIpc) is 3.00. The highest BCUT2D eigenvalue weighted by molar-refractivity contribution is 5.78. The molecule has 1 heterocycles. The lowest BCUT2D eigenvalue weighted by Gasteiger charge is -2.36. The molecule has 0 bridgehead atoms. The zero-order chi connectivity index (χ0) is 31.9. The van der Waals surface area contributed by atoms with Crippen LogP contribution in [0.1, 0.15) is 69.0 Å². The minimum Gasteiger partial charge on any atom is -0.310 e. The Morgan fingerprint density at radius 2 is 1.62 bits per heavy atom. The van der Waals surface area contributed by atoms with Gasteiger partial charge in [-0.25, -0.2) is 14.6 Å². The van der Waals surface area contributed by atoms with Gasteiger partial charge in [-0.3, -0.25) is 15.4 Å². The molecule has 0 fully saturated rings. The second-order valence-electron chi connectivity index (χ2n) is 8.61. The van der Waals surface area contributed by atoms with Crippen LogP contribution in [-0.2, 0) is 17.9 Å². The second-order valence-corrected chi connectivity index (χ2v) is 8.61. The fraction of sp³-hybridized carbons (Fsp3) is 0.323. The van der Waals surface area contributed by atoms with Crippen molar-refractivity contribution in [2.45, 2.75) is 58.9 Å². The monoisotopic (exact) mass is 584 g/mol. The Morgan fingerprint density at radius 1 is 1.02 bits per heavy atom. The van der Waals surface area contributed by atoms with Crippen molar-refractivity contribution in [1.29, 1.82) is 10.8 Å². The van der Waals surface area contributed by atoms with Crippen LogP contribution in [0, 0.1) is 39.2 Å². The van der Waals surface area contributed by atoms with Crippen molar-refractivity contribution in [3.63, 3.8) is 0 Å². The standard InChI is InChI=1S/C27H24F4N6O.2C2H6/c1-18(33)2-3-19-4-6-20(7-5-19)8-9-21-10-13-25(35-15-21)27(30,31)26(36-38,16-37(34)17-32)23-12-11-22(28)14-24(23)29;2*1-2/h4-7,10-15,17,32-33H,2-3,16,34H2,1H3;2*1-2H3. The van der Waals surface area contributed by atoms with E-state index in [4.69, 9.17) is 16.7 Å². The number of aromatic nitrogens is 1. The van der Waals surface area contributed by atoms with Crippen LogP contribution in [0.2, 0.25) is 0 Å². The molecule has 0 amide bonds. The second kappa shape index (κ2) is 16.7. The quantitative estimate of drug-likeness (QED) is 0.0440. The lowest BCUT2D eigenvalue weighted by Crippen LogP contribution is -2.52. The van der Waals surface area contributed by atoms with Gasteiger partial charge in [0, 0.05) is 34.7 Å². The fourth-order valence-corrected chi connectivity index (χ4v) is 3.72. The molecule has 0 spiro atoms. The number of hydrazine groups is 1. The number of rotatable bonds is 10. The van der Waals surface area contributed by atoms with E-state index in [-0.39, 0.29) is 0 Å². The van der Waals surface area contributed by atoms with Crippen LogP contribution in [0.15, 0.2) is 66.0 Å². The van der Waals surface area contributed by atoms with E-state index in [2.05, 4.69) is 22.0 Å². The topological polar surface area (TPSA) is 119 Å². The summed E-state index contributed by atoms with van der Waals surface area (Å²) in [4.78, 5) is 15.7. The van der Waals surface area contributed by atoms with E-state index in [0.717, 1.165) is 24.2 Å². The zero-order valence-corrected chi connectivity index (χ0v) is 24.3. The predicted molar refractivity (Wildman–Crippen MR) is 158 cm³/mol. The minimum absolute atomic E-state index is 0.297. The Hall–Kier alpha value is -4.43. The molecular formula is C31H36F4N6O. The van der Waals surface area contributed by atoms with Gasteiger partial charge in [-0.2, -0.15) is 8.78 Å². The number of nitrogens with one attached hydrogen (secondary N) is 2. The number of nitrogens with two attached hydrogens (primary N) is 1. The minimum atomic E-state index is -4.22. The van der Waals surface area contributed by atoms with E-state index in [1.807, 2.05) is 39.8 Å². The van der Waals surface area contributed by atoms with Crippen LogP contribution >= 0.6 is 0 Å². The van der Waals surface area contributed by atoms with Gasteiger partial charge in [-0.1, -0.05) is 57.7 Å². The Kier molecular flexibility index (Phi) is 14.2. The first kappa shape index (κ1) is 35.6. The molecule has 0 aliphatic rings. The maximum Gasteiger partial charge on any atom is 0.323 e. The van der Waals surface area contributed by atoms with Crippen molar-refractivity contribution in [3.8, 4) is 11.8 Å². The first-order valence-corrected chi connectivity index (χ1v) is 13.3. The molecule has 1 atom stereocenters. The Morgan fingerprint density at radius 3 is 2.12 bits per heavy atom. The van der Waals surface area contributed by atoms with Crippen LogP contribution in [0.3, 0.4) is 0 Å². The summed E-state index contributed by atoms with van der Waals surface area (Å²) in [5, 5.41) is 17.7.